The Hall–Kier alpha value is -1.66. The van der Waals surface area contributed by atoms with Crippen molar-refractivity contribution in [3.05, 3.63) is 41.6 Å². The predicted octanol–water partition coefficient (Wildman–Crippen LogP) is 2.21. The number of aromatic nitrogens is 1. The molecular formula is C12H12F3N3. The van der Waals surface area contributed by atoms with Crippen LogP contribution in [0.1, 0.15) is 17.3 Å². The molecule has 1 unspecified atom stereocenters. The van der Waals surface area contributed by atoms with Crippen LogP contribution in [0.3, 0.4) is 0 Å². The second kappa shape index (κ2) is 4.55. The smallest absolute Gasteiger partial charge is 0.329 e. The summed E-state index contributed by atoms with van der Waals surface area (Å²) in [6.07, 6.45) is -4.35. The monoisotopic (exact) mass is 255 g/mol. The van der Waals surface area contributed by atoms with Crippen molar-refractivity contribution in [1.82, 2.24) is 4.98 Å². The maximum atomic E-state index is 12.5. The summed E-state index contributed by atoms with van der Waals surface area (Å²) < 4.78 is 37.6. The van der Waals surface area contributed by atoms with Gasteiger partial charge in [0.15, 0.2) is 0 Å². The lowest BCUT2D eigenvalue weighted by Crippen LogP contribution is -2.21. The number of hydrogen-bond donors (Lipinski definition) is 2. The van der Waals surface area contributed by atoms with Gasteiger partial charge in [0, 0.05) is 11.9 Å². The quantitative estimate of drug-likeness (QED) is 0.864. The molecule has 6 heteroatoms. The highest BCUT2D eigenvalue weighted by Crippen LogP contribution is 2.31. The van der Waals surface area contributed by atoms with Crippen LogP contribution in [0.15, 0.2) is 30.3 Å². The van der Waals surface area contributed by atoms with Crippen LogP contribution in [-0.4, -0.2) is 11.5 Å². The lowest BCUT2D eigenvalue weighted by atomic mass is 10.1. The maximum absolute atomic E-state index is 12.5. The first-order valence-corrected chi connectivity index (χ1v) is 5.35. The van der Waals surface area contributed by atoms with Crippen LogP contribution in [0.2, 0.25) is 0 Å². The van der Waals surface area contributed by atoms with Gasteiger partial charge in [0.05, 0.1) is 22.8 Å². The van der Waals surface area contributed by atoms with Gasteiger partial charge in [-0.05, 0) is 24.3 Å². The van der Waals surface area contributed by atoms with Crippen molar-refractivity contribution in [2.24, 2.45) is 11.5 Å². The van der Waals surface area contributed by atoms with Crippen molar-refractivity contribution in [1.29, 1.82) is 0 Å². The zero-order valence-electron chi connectivity index (χ0n) is 9.41. The van der Waals surface area contributed by atoms with Crippen molar-refractivity contribution in [3.63, 3.8) is 0 Å². The average Bonchev–Trinajstić information content (AvgIpc) is 2.35. The minimum absolute atomic E-state index is 0.235. The molecule has 1 aromatic carbocycles. The van der Waals surface area contributed by atoms with Crippen molar-refractivity contribution >= 4 is 10.9 Å². The molecule has 0 radical (unpaired) electrons. The minimum atomic E-state index is -4.35. The SMILES string of the molecule is NCC(N)c1ccc2cc(C(F)(F)F)ccc2n1. The van der Waals surface area contributed by atoms with Crippen molar-refractivity contribution in [2.45, 2.75) is 12.2 Å². The van der Waals surface area contributed by atoms with Crippen molar-refractivity contribution in [2.75, 3.05) is 6.54 Å². The van der Waals surface area contributed by atoms with Gasteiger partial charge in [-0.2, -0.15) is 13.2 Å². The zero-order valence-corrected chi connectivity index (χ0v) is 9.41. The van der Waals surface area contributed by atoms with E-state index in [-0.39, 0.29) is 6.54 Å². The van der Waals surface area contributed by atoms with Gasteiger partial charge in [-0.15, -0.1) is 0 Å². The second-order valence-corrected chi connectivity index (χ2v) is 3.98. The van der Waals surface area contributed by atoms with E-state index in [1.54, 1.807) is 12.1 Å². The Morgan fingerprint density at radius 2 is 1.89 bits per heavy atom. The van der Waals surface area contributed by atoms with E-state index >= 15 is 0 Å². The molecule has 0 saturated carbocycles. The van der Waals surface area contributed by atoms with Gasteiger partial charge in [-0.25, -0.2) is 0 Å². The molecule has 0 spiro atoms. The number of benzene rings is 1. The Morgan fingerprint density at radius 3 is 2.50 bits per heavy atom. The molecule has 0 amide bonds. The van der Waals surface area contributed by atoms with E-state index in [1.165, 1.54) is 6.07 Å². The van der Waals surface area contributed by atoms with Gasteiger partial charge >= 0.3 is 6.18 Å². The van der Waals surface area contributed by atoms with Gasteiger partial charge in [0.1, 0.15) is 0 Å². The van der Waals surface area contributed by atoms with Gasteiger partial charge < -0.3 is 11.5 Å². The standard InChI is InChI=1S/C12H12F3N3/c13-12(14,15)8-2-4-10-7(5-8)1-3-11(18-10)9(17)6-16/h1-5,9H,6,16-17H2. The first-order valence-electron chi connectivity index (χ1n) is 5.35. The number of pyridine rings is 1. The number of alkyl halides is 3. The van der Waals surface area contributed by atoms with Crippen LogP contribution in [0.25, 0.3) is 10.9 Å². The van der Waals surface area contributed by atoms with Crippen LogP contribution >= 0.6 is 0 Å². The number of fused-ring (bicyclic) bond motifs is 1. The molecule has 0 aliphatic rings. The maximum Gasteiger partial charge on any atom is 0.416 e. The molecule has 2 rings (SSSR count). The van der Waals surface area contributed by atoms with Gasteiger partial charge in [-0.3, -0.25) is 4.98 Å². The van der Waals surface area contributed by atoms with Crippen molar-refractivity contribution < 1.29 is 13.2 Å². The topological polar surface area (TPSA) is 64.9 Å². The van der Waals surface area contributed by atoms with E-state index in [9.17, 15) is 13.2 Å². The molecule has 96 valence electrons. The third kappa shape index (κ3) is 2.44. The summed E-state index contributed by atoms with van der Waals surface area (Å²) >= 11 is 0. The molecule has 1 aromatic heterocycles. The van der Waals surface area contributed by atoms with Crippen LogP contribution in [0.4, 0.5) is 13.2 Å². The number of nitrogens with two attached hydrogens (primary N) is 2. The summed E-state index contributed by atoms with van der Waals surface area (Å²) in [5.74, 6) is 0. The largest absolute Gasteiger partial charge is 0.416 e. The molecule has 0 fully saturated rings. The number of halogens is 3. The van der Waals surface area contributed by atoms with Crippen LogP contribution in [0.5, 0.6) is 0 Å². The number of hydrogen-bond acceptors (Lipinski definition) is 3. The summed E-state index contributed by atoms with van der Waals surface area (Å²) in [6, 6.07) is 6.18. The number of rotatable bonds is 2. The molecule has 0 bridgehead atoms. The molecule has 0 saturated heterocycles. The first-order chi connectivity index (χ1) is 8.41. The number of nitrogens with zero attached hydrogens (tertiary/aromatic N) is 1. The summed E-state index contributed by atoms with van der Waals surface area (Å²) in [5, 5.41) is 0.429. The second-order valence-electron chi connectivity index (χ2n) is 3.98. The summed E-state index contributed by atoms with van der Waals surface area (Å²) in [6.45, 7) is 0.235. The molecular weight excluding hydrogens is 243 g/mol. The zero-order chi connectivity index (χ0) is 13.3. The lowest BCUT2D eigenvalue weighted by molar-refractivity contribution is -0.137. The molecule has 4 N–H and O–H groups in total. The Bertz CT molecular complexity index is 566. The van der Waals surface area contributed by atoms with E-state index in [0.29, 0.717) is 16.6 Å². The Balaban J connectivity index is 2.49. The van der Waals surface area contributed by atoms with Gasteiger partial charge in [-0.1, -0.05) is 6.07 Å². The van der Waals surface area contributed by atoms with Crippen molar-refractivity contribution in [3.8, 4) is 0 Å². The fourth-order valence-corrected chi connectivity index (χ4v) is 1.64. The van der Waals surface area contributed by atoms with E-state index in [1.807, 2.05) is 0 Å². The molecule has 1 atom stereocenters. The molecule has 3 nitrogen and oxygen atoms in total. The summed E-state index contributed by atoms with van der Waals surface area (Å²) in [7, 11) is 0. The fraction of sp³-hybridized carbons (Fsp3) is 0.250. The first kappa shape index (κ1) is 12.8. The summed E-state index contributed by atoms with van der Waals surface area (Å²) in [5.41, 5.74) is 11.5. The molecule has 0 aliphatic heterocycles. The van der Waals surface area contributed by atoms with E-state index in [0.717, 1.165) is 12.1 Å². The lowest BCUT2D eigenvalue weighted by Gasteiger charge is -2.10. The minimum Gasteiger partial charge on any atom is -0.329 e. The normalized spacial score (nSPS) is 13.8. The predicted molar refractivity (Wildman–Crippen MR) is 62.7 cm³/mol. The average molecular weight is 255 g/mol. The van der Waals surface area contributed by atoms with Gasteiger partial charge in [0.2, 0.25) is 0 Å². The highest BCUT2D eigenvalue weighted by atomic mass is 19.4. The van der Waals surface area contributed by atoms with Crippen LogP contribution in [0, 0.1) is 0 Å². The van der Waals surface area contributed by atoms with Crippen LogP contribution in [-0.2, 0) is 6.18 Å². The molecule has 1 heterocycles. The Labute approximate surface area is 102 Å². The van der Waals surface area contributed by atoms with E-state index < -0.39 is 17.8 Å². The van der Waals surface area contributed by atoms with Crippen LogP contribution < -0.4 is 11.5 Å². The molecule has 2 aromatic rings. The highest BCUT2D eigenvalue weighted by molar-refractivity contribution is 5.79. The molecule has 0 aliphatic carbocycles. The third-order valence-electron chi connectivity index (χ3n) is 2.67. The van der Waals surface area contributed by atoms with Gasteiger partial charge in [0.25, 0.3) is 0 Å². The highest BCUT2D eigenvalue weighted by Gasteiger charge is 2.30. The summed E-state index contributed by atoms with van der Waals surface area (Å²) in [4.78, 5) is 4.20. The fourth-order valence-electron chi connectivity index (χ4n) is 1.64. The van der Waals surface area contributed by atoms with E-state index in [2.05, 4.69) is 4.98 Å². The Kier molecular flexibility index (Phi) is 3.23. The molecule has 18 heavy (non-hydrogen) atoms. The van der Waals surface area contributed by atoms with E-state index in [4.69, 9.17) is 11.5 Å². The third-order valence-corrected chi connectivity index (χ3v) is 2.67. The Morgan fingerprint density at radius 1 is 1.17 bits per heavy atom.